The lowest BCUT2D eigenvalue weighted by molar-refractivity contribution is 0.0443. The molecule has 2 aliphatic rings. The van der Waals surface area contributed by atoms with Gasteiger partial charge in [-0.25, -0.2) is 14.4 Å². The van der Waals surface area contributed by atoms with Gasteiger partial charge in [-0.2, -0.15) is 0 Å². The van der Waals surface area contributed by atoms with Gasteiger partial charge in [0.25, 0.3) is 0 Å². The minimum absolute atomic E-state index is 0.205. The first-order valence-electron chi connectivity index (χ1n) is 11.4. The van der Waals surface area contributed by atoms with Gasteiger partial charge in [0, 0.05) is 5.56 Å². The van der Waals surface area contributed by atoms with Gasteiger partial charge in [0.2, 0.25) is 0 Å². The third-order valence-corrected chi connectivity index (χ3v) is 6.07. The van der Waals surface area contributed by atoms with Crippen LogP contribution in [0.4, 0.5) is 0 Å². The number of fused-ring (bicyclic) bond motifs is 2. The first kappa shape index (κ1) is 22.3. The van der Waals surface area contributed by atoms with E-state index >= 15 is 0 Å². The monoisotopic (exact) mass is 490 g/mol. The Labute approximate surface area is 211 Å². The molecule has 0 saturated carbocycles. The first-order chi connectivity index (χ1) is 17.9. The van der Waals surface area contributed by atoms with Crippen LogP contribution in [0.25, 0.3) is 5.76 Å². The van der Waals surface area contributed by atoms with E-state index in [4.69, 9.17) is 14.2 Å². The second kappa shape index (κ2) is 8.80. The highest BCUT2D eigenvalue weighted by Crippen LogP contribution is 2.33. The molecule has 0 spiro atoms. The van der Waals surface area contributed by atoms with Crippen molar-refractivity contribution in [3.8, 4) is 23.0 Å². The van der Waals surface area contributed by atoms with Gasteiger partial charge in [0.05, 0.1) is 16.7 Å². The Hall–Kier alpha value is -5.17. The molecule has 0 atom stereocenters. The van der Waals surface area contributed by atoms with E-state index in [1.165, 1.54) is 12.1 Å². The maximum Gasteiger partial charge on any atom is 0.347 e. The van der Waals surface area contributed by atoms with Crippen LogP contribution in [-0.4, -0.2) is 17.9 Å². The summed E-state index contributed by atoms with van der Waals surface area (Å²) < 4.78 is 21.4. The van der Waals surface area contributed by atoms with E-state index in [2.05, 4.69) is 11.3 Å². The number of carbonyl (C=O) groups is 3. The van der Waals surface area contributed by atoms with Crippen LogP contribution in [-0.2, 0) is 15.9 Å². The molecule has 4 aromatic carbocycles. The molecule has 2 aliphatic heterocycles. The third-order valence-electron chi connectivity index (χ3n) is 6.07. The highest BCUT2D eigenvalue weighted by atomic mass is 16.6. The number of cyclic esters (lactones) is 3. The van der Waals surface area contributed by atoms with Crippen molar-refractivity contribution in [2.45, 2.75) is 6.42 Å². The van der Waals surface area contributed by atoms with Crippen molar-refractivity contribution < 1.29 is 33.3 Å². The van der Waals surface area contributed by atoms with Crippen molar-refractivity contribution in [2.75, 3.05) is 0 Å². The van der Waals surface area contributed by atoms with Gasteiger partial charge < -0.3 is 18.9 Å². The molecule has 0 radical (unpaired) electrons. The van der Waals surface area contributed by atoms with Crippen LogP contribution >= 0.6 is 0 Å². The van der Waals surface area contributed by atoms with Crippen LogP contribution in [0.15, 0.2) is 91.5 Å². The largest absolute Gasteiger partial charge is 0.457 e. The lowest BCUT2D eigenvalue weighted by Gasteiger charge is -2.09. The second-order valence-electron chi connectivity index (χ2n) is 8.57. The number of ether oxygens (including phenoxy) is 4. The van der Waals surface area contributed by atoms with E-state index < -0.39 is 17.9 Å². The van der Waals surface area contributed by atoms with Crippen LogP contribution in [0.1, 0.15) is 47.8 Å². The van der Waals surface area contributed by atoms with E-state index in [-0.39, 0.29) is 11.1 Å². The smallest absolute Gasteiger partial charge is 0.347 e. The van der Waals surface area contributed by atoms with Crippen LogP contribution in [0.2, 0.25) is 0 Å². The molecule has 7 nitrogen and oxygen atoms in total. The van der Waals surface area contributed by atoms with E-state index in [1.54, 1.807) is 24.3 Å². The Kier molecular flexibility index (Phi) is 5.31. The van der Waals surface area contributed by atoms with Crippen molar-refractivity contribution in [3.05, 3.63) is 125 Å². The average Bonchev–Trinajstić information content (AvgIpc) is 3.34. The molecule has 0 saturated heterocycles. The summed E-state index contributed by atoms with van der Waals surface area (Å²) in [6, 6.07) is 25.2. The Bertz CT molecular complexity index is 1480. The quantitative estimate of drug-likeness (QED) is 0.231. The second-order valence-corrected chi connectivity index (χ2v) is 8.57. The molecular formula is C30H18O7. The number of carbonyl (C=O) groups excluding carboxylic acids is 3. The van der Waals surface area contributed by atoms with E-state index in [0.717, 1.165) is 11.1 Å². The van der Waals surface area contributed by atoms with Crippen molar-refractivity contribution in [3.63, 3.8) is 0 Å². The number of rotatable bonds is 6. The summed E-state index contributed by atoms with van der Waals surface area (Å²) in [5.74, 6) is 0.857. The van der Waals surface area contributed by atoms with E-state index in [9.17, 15) is 14.4 Å². The molecule has 0 aromatic heterocycles. The summed E-state index contributed by atoms with van der Waals surface area (Å²) in [7, 11) is 0. The number of esters is 3. The molecular weight excluding hydrogens is 472 g/mol. The zero-order valence-corrected chi connectivity index (χ0v) is 19.4. The molecule has 180 valence electrons. The predicted molar refractivity (Wildman–Crippen MR) is 133 cm³/mol. The summed E-state index contributed by atoms with van der Waals surface area (Å²) in [4.78, 5) is 35.2. The molecule has 0 amide bonds. The van der Waals surface area contributed by atoms with E-state index in [1.807, 2.05) is 48.5 Å². The fourth-order valence-corrected chi connectivity index (χ4v) is 4.21. The molecule has 37 heavy (non-hydrogen) atoms. The van der Waals surface area contributed by atoms with Crippen molar-refractivity contribution >= 4 is 23.7 Å². The normalized spacial score (nSPS) is 13.6. The minimum atomic E-state index is -0.666. The van der Waals surface area contributed by atoms with Crippen molar-refractivity contribution in [1.29, 1.82) is 0 Å². The van der Waals surface area contributed by atoms with Gasteiger partial charge in [-0.1, -0.05) is 30.8 Å². The summed E-state index contributed by atoms with van der Waals surface area (Å²) in [5.41, 5.74) is 3.75. The van der Waals surface area contributed by atoms with Gasteiger partial charge in [-0.3, -0.25) is 0 Å². The van der Waals surface area contributed by atoms with Gasteiger partial charge >= 0.3 is 17.9 Å². The van der Waals surface area contributed by atoms with Gasteiger partial charge in [0.1, 0.15) is 28.8 Å². The molecule has 2 heterocycles. The maximum absolute atomic E-state index is 11.9. The minimum Gasteiger partial charge on any atom is -0.457 e. The Morgan fingerprint density at radius 3 is 1.51 bits per heavy atom. The van der Waals surface area contributed by atoms with Crippen LogP contribution in [0.5, 0.6) is 23.0 Å². The van der Waals surface area contributed by atoms with Crippen LogP contribution in [0, 0.1) is 0 Å². The fourth-order valence-electron chi connectivity index (χ4n) is 4.21. The Morgan fingerprint density at radius 1 is 0.514 bits per heavy atom. The van der Waals surface area contributed by atoms with Crippen molar-refractivity contribution in [1.82, 2.24) is 0 Å². The van der Waals surface area contributed by atoms with Gasteiger partial charge in [0.15, 0.2) is 0 Å². The summed E-state index contributed by atoms with van der Waals surface area (Å²) in [6.45, 7) is 3.73. The van der Waals surface area contributed by atoms with Gasteiger partial charge in [-0.15, -0.1) is 0 Å². The molecule has 0 N–H and O–H groups in total. The SMILES string of the molecule is C=C1OC(=O)c2cc(Oc3ccc(Cc4ccc(Oc5ccc6c(c5)C(=O)OC6=O)cc4)cc3)ccc21. The van der Waals surface area contributed by atoms with Crippen molar-refractivity contribution in [2.24, 2.45) is 0 Å². The summed E-state index contributed by atoms with van der Waals surface area (Å²) in [6.07, 6.45) is 0.708. The zero-order valence-electron chi connectivity index (χ0n) is 19.4. The summed E-state index contributed by atoms with van der Waals surface area (Å²) in [5, 5.41) is 0. The molecule has 0 bridgehead atoms. The van der Waals surface area contributed by atoms with E-state index in [0.29, 0.717) is 46.3 Å². The molecule has 7 heteroatoms. The molecule has 0 fully saturated rings. The lowest BCUT2D eigenvalue weighted by Crippen LogP contribution is -1.96. The van der Waals surface area contributed by atoms with Gasteiger partial charge in [-0.05, 0) is 78.2 Å². The number of hydrogen-bond acceptors (Lipinski definition) is 7. The number of hydrogen-bond donors (Lipinski definition) is 0. The fraction of sp³-hybridized carbons (Fsp3) is 0.0333. The molecule has 6 rings (SSSR count). The zero-order chi connectivity index (χ0) is 25.5. The Balaban J connectivity index is 1.09. The number of benzene rings is 4. The van der Waals surface area contributed by atoms with Crippen LogP contribution < -0.4 is 9.47 Å². The Morgan fingerprint density at radius 2 is 0.946 bits per heavy atom. The highest BCUT2D eigenvalue weighted by molar-refractivity contribution is 6.14. The maximum atomic E-state index is 11.9. The average molecular weight is 490 g/mol. The third kappa shape index (κ3) is 4.34. The standard InChI is InChI=1S/C30H18O7/c1-17-24-12-10-22(15-26(24)29(32)34-17)35-20-6-2-18(3-7-20)14-19-4-8-21(9-5-19)36-23-11-13-25-27(16-23)30(33)37-28(25)31/h2-13,15-16H,1,14H2. The predicted octanol–water partition coefficient (Wildman–Crippen LogP) is 6.31. The topological polar surface area (TPSA) is 88.1 Å². The summed E-state index contributed by atoms with van der Waals surface area (Å²) >= 11 is 0. The molecule has 0 aliphatic carbocycles. The molecule has 4 aromatic rings. The lowest BCUT2D eigenvalue weighted by atomic mass is 10.0. The highest BCUT2D eigenvalue weighted by Gasteiger charge is 2.30. The first-order valence-corrected chi connectivity index (χ1v) is 11.4. The molecule has 0 unspecified atom stereocenters. The van der Waals surface area contributed by atoms with Crippen LogP contribution in [0.3, 0.4) is 0 Å².